The Kier molecular flexibility index (Phi) is 5.05. The lowest BCUT2D eigenvalue weighted by Gasteiger charge is -2.23. The maximum Gasteiger partial charge on any atom is 0.325 e. The fourth-order valence-corrected chi connectivity index (χ4v) is 4.16. The molecule has 1 aromatic carbocycles. The Morgan fingerprint density at radius 1 is 1.15 bits per heavy atom. The highest BCUT2D eigenvalue weighted by Crippen LogP contribution is 2.34. The highest BCUT2D eigenvalue weighted by atomic mass is 35.5. The Hall–Kier alpha value is -3.85. The van der Waals surface area contributed by atoms with Gasteiger partial charge >= 0.3 is 6.03 Å². The standard InChI is InChI=1S/C23H19ClN4O5/c1-23(19-5-3-11-33-19)21(30)27(22(31)25-23)13-20(29)28-17(18-4-2-10-32-18)12-16(26-28)14-6-8-15(24)9-7-14/h2-11,17H,12-13H2,1H3,(H,25,31)/t17-,23-/m1/s1. The summed E-state index contributed by atoms with van der Waals surface area (Å²) in [6, 6.07) is 12.7. The molecular weight excluding hydrogens is 448 g/mol. The van der Waals surface area contributed by atoms with Gasteiger partial charge in [-0.25, -0.2) is 9.80 Å². The van der Waals surface area contributed by atoms with Crippen molar-refractivity contribution >= 4 is 35.2 Å². The number of hydrazone groups is 1. The van der Waals surface area contributed by atoms with Crippen LogP contribution in [0.5, 0.6) is 0 Å². The van der Waals surface area contributed by atoms with Crippen LogP contribution in [0, 0.1) is 0 Å². The molecule has 0 unspecified atom stereocenters. The number of urea groups is 1. The van der Waals surface area contributed by atoms with Crippen molar-refractivity contribution in [3.05, 3.63) is 83.2 Å². The molecule has 10 heteroatoms. The molecule has 5 rings (SSSR count). The number of nitrogens with one attached hydrogen (secondary N) is 1. The number of amides is 4. The number of benzene rings is 1. The minimum Gasteiger partial charge on any atom is -0.467 e. The molecular formula is C23H19ClN4O5. The number of carbonyl (C=O) groups excluding carboxylic acids is 3. The molecule has 1 saturated heterocycles. The zero-order chi connectivity index (χ0) is 23.2. The average Bonchev–Trinajstić information content (AvgIpc) is 3.59. The van der Waals surface area contributed by atoms with E-state index in [0.717, 1.165) is 10.5 Å². The van der Waals surface area contributed by atoms with E-state index in [1.807, 2.05) is 12.1 Å². The molecule has 0 saturated carbocycles. The van der Waals surface area contributed by atoms with Gasteiger partial charge in [0.05, 0.1) is 18.2 Å². The quantitative estimate of drug-likeness (QED) is 0.577. The highest BCUT2D eigenvalue weighted by Gasteiger charge is 2.52. The number of hydrogen-bond donors (Lipinski definition) is 1. The van der Waals surface area contributed by atoms with E-state index in [9.17, 15) is 14.4 Å². The van der Waals surface area contributed by atoms with E-state index in [2.05, 4.69) is 10.4 Å². The summed E-state index contributed by atoms with van der Waals surface area (Å²) < 4.78 is 10.9. The fraction of sp³-hybridized carbons (Fsp3) is 0.217. The highest BCUT2D eigenvalue weighted by molar-refractivity contribution is 6.30. The number of imide groups is 1. The van der Waals surface area contributed by atoms with E-state index in [-0.39, 0.29) is 5.76 Å². The molecule has 0 spiro atoms. The first-order valence-corrected chi connectivity index (χ1v) is 10.6. The molecule has 4 heterocycles. The summed E-state index contributed by atoms with van der Waals surface area (Å²) in [6.45, 7) is 1.06. The van der Waals surface area contributed by atoms with Gasteiger partial charge in [0.2, 0.25) is 0 Å². The van der Waals surface area contributed by atoms with Gasteiger partial charge in [0.25, 0.3) is 11.8 Å². The molecule has 168 valence electrons. The Bertz CT molecular complexity index is 1240. The van der Waals surface area contributed by atoms with E-state index in [4.69, 9.17) is 20.4 Å². The van der Waals surface area contributed by atoms with Gasteiger partial charge in [0.15, 0.2) is 5.54 Å². The SMILES string of the molecule is C[C@]1(c2ccco2)NC(=O)N(CC(=O)N2N=C(c3ccc(Cl)cc3)C[C@@H]2c2ccco2)C1=O. The normalized spacial score (nSPS) is 22.6. The van der Waals surface area contributed by atoms with E-state index < -0.39 is 36.0 Å². The van der Waals surface area contributed by atoms with Crippen LogP contribution in [0.3, 0.4) is 0 Å². The first kappa shape index (κ1) is 21.0. The van der Waals surface area contributed by atoms with Gasteiger partial charge < -0.3 is 14.2 Å². The van der Waals surface area contributed by atoms with Gasteiger partial charge in [-0.05, 0) is 48.9 Å². The predicted octanol–water partition coefficient (Wildman–Crippen LogP) is 3.67. The number of carbonyl (C=O) groups is 3. The van der Waals surface area contributed by atoms with Gasteiger partial charge in [-0.2, -0.15) is 5.10 Å². The van der Waals surface area contributed by atoms with Gasteiger partial charge in [0, 0.05) is 11.4 Å². The van der Waals surface area contributed by atoms with Crippen LogP contribution in [0.15, 0.2) is 75.0 Å². The van der Waals surface area contributed by atoms with Crippen LogP contribution in [0.25, 0.3) is 0 Å². The third-order valence-corrected chi connectivity index (χ3v) is 6.05. The van der Waals surface area contributed by atoms with E-state index in [1.54, 1.807) is 36.4 Å². The largest absolute Gasteiger partial charge is 0.467 e. The summed E-state index contributed by atoms with van der Waals surface area (Å²) in [5.74, 6) is -0.263. The Morgan fingerprint density at radius 2 is 1.88 bits per heavy atom. The second kappa shape index (κ2) is 7.93. The molecule has 3 aromatic rings. The van der Waals surface area contributed by atoms with Crippen LogP contribution in [0.4, 0.5) is 4.79 Å². The van der Waals surface area contributed by atoms with Crippen LogP contribution in [0.1, 0.15) is 36.5 Å². The molecule has 2 atom stereocenters. The van der Waals surface area contributed by atoms with E-state index in [1.165, 1.54) is 24.5 Å². The molecule has 1 N–H and O–H groups in total. The lowest BCUT2D eigenvalue weighted by molar-refractivity contribution is -0.140. The maximum absolute atomic E-state index is 13.3. The Labute approximate surface area is 193 Å². The van der Waals surface area contributed by atoms with Crippen molar-refractivity contribution in [2.75, 3.05) is 6.54 Å². The summed E-state index contributed by atoms with van der Waals surface area (Å²) in [5.41, 5.74) is 0.0926. The second-order valence-corrected chi connectivity index (χ2v) is 8.39. The summed E-state index contributed by atoms with van der Waals surface area (Å²) in [4.78, 5) is 39.8. The lowest BCUT2D eigenvalue weighted by atomic mass is 9.99. The number of halogens is 1. The van der Waals surface area contributed by atoms with Crippen molar-refractivity contribution in [3.8, 4) is 0 Å². The Morgan fingerprint density at radius 3 is 2.55 bits per heavy atom. The van der Waals surface area contributed by atoms with Gasteiger partial charge in [-0.1, -0.05) is 23.7 Å². The van der Waals surface area contributed by atoms with Crippen LogP contribution >= 0.6 is 11.6 Å². The number of rotatable bonds is 5. The van der Waals surface area contributed by atoms with Crippen molar-refractivity contribution in [1.82, 2.24) is 15.2 Å². The summed E-state index contributed by atoms with van der Waals surface area (Å²) in [6.07, 6.45) is 3.34. The number of nitrogens with zero attached hydrogens (tertiary/aromatic N) is 3. The van der Waals surface area contributed by atoms with Crippen LogP contribution in [-0.2, 0) is 15.1 Å². The smallest absolute Gasteiger partial charge is 0.325 e. The zero-order valence-electron chi connectivity index (χ0n) is 17.5. The lowest BCUT2D eigenvalue weighted by Crippen LogP contribution is -2.43. The molecule has 4 amide bonds. The molecule has 1 fully saturated rings. The molecule has 0 radical (unpaired) electrons. The third kappa shape index (κ3) is 3.60. The molecule has 2 aromatic heterocycles. The zero-order valence-corrected chi connectivity index (χ0v) is 18.3. The average molecular weight is 467 g/mol. The van der Waals surface area contributed by atoms with Crippen LogP contribution < -0.4 is 5.32 Å². The maximum atomic E-state index is 13.3. The van der Waals surface area contributed by atoms with Crippen molar-refractivity contribution in [2.24, 2.45) is 5.10 Å². The minimum absolute atomic E-state index is 0.286. The first-order valence-electron chi connectivity index (χ1n) is 10.2. The fourth-order valence-electron chi connectivity index (χ4n) is 4.04. The third-order valence-electron chi connectivity index (χ3n) is 5.80. The van der Waals surface area contributed by atoms with Crippen LogP contribution in [0.2, 0.25) is 5.02 Å². The van der Waals surface area contributed by atoms with E-state index >= 15 is 0 Å². The topological polar surface area (TPSA) is 108 Å². The summed E-state index contributed by atoms with van der Waals surface area (Å²) >= 11 is 5.99. The van der Waals surface area contributed by atoms with E-state index in [0.29, 0.717) is 22.9 Å². The van der Waals surface area contributed by atoms with Crippen molar-refractivity contribution in [1.29, 1.82) is 0 Å². The second-order valence-electron chi connectivity index (χ2n) is 7.95. The van der Waals surface area contributed by atoms with Crippen molar-refractivity contribution < 1.29 is 23.2 Å². The minimum atomic E-state index is -1.38. The first-order chi connectivity index (χ1) is 15.9. The molecule has 0 aliphatic carbocycles. The molecule has 33 heavy (non-hydrogen) atoms. The van der Waals surface area contributed by atoms with Crippen LogP contribution in [-0.4, -0.2) is 40.0 Å². The predicted molar refractivity (Wildman–Crippen MR) is 117 cm³/mol. The summed E-state index contributed by atoms with van der Waals surface area (Å²) in [7, 11) is 0. The Balaban J connectivity index is 1.41. The molecule has 9 nitrogen and oxygen atoms in total. The van der Waals surface area contributed by atoms with Gasteiger partial charge in [0.1, 0.15) is 24.1 Å². The van der Waals surface area contributed by atoms with Crippen molar-refractivity contribution in [3.63, 3.8) is 0 Å². The van der Waals surface area contributed by atoms with Gasteiger partial charge in [-0.3, -0.25) is 14.5 Å². The summed E-state index contributed by atoms with van der Waals surface area (Å²) in [5, 5.41) is 8.98. The van der Waals surface area contributed by atoms with Gasteiger partial charge in [-0.15, -0.1) is 0 Å². The number of furan rings is 2. The monoisotopic (exact) mass is 466 g/mol. The van der Waals surface area contributed by atoms with Crippen molar-refractivity contribution in [2.45, 2.75) is 24.9 Å². The number of hydrogen-bond acceptors (Lipinski definition) is 6. The molecule has 0 bridgehead atoms. The molecule has 2 aliphatic heterocycles. The molecule has 2 aliphatic rings.